The Balaban J connectivity index is 2.46. The summed E-state index contributed by atoms with van der Waals surface area (Å²) in [5.41, 5.74) is 7.44. The van der Waals surface area contributed by atoms with Crippen molar-refractivity contribution in [3.05, 3.63) is 18.3 Å². The first kappa shape index (κ1) is 8.80. The quantitative estimate of drug-likeness (QED) is 0.754. The smallest absolute Gasteiger partial charge is 0.145 e. The highest BCUT2D eigenvalue weighted by molar-refractivity contribution is 5.57. The molecule has 2 rings (SSSR count). The number of nitrogens with two attached hydrogens (primary N) is 1. The largest absolute Gasteiger partial charge is 0.382 e. The van der Waals surface area contributed by atoms with E-state index in [1.54, 1.807) is 12.3 Å². The maximum atomic E-state index is 5.54. The third-order valence-corrected chi connectivity index (χ3v) is 2.03. The fourth-order valence-electron chi connectivity index (χ4n) is 1.41. The van der Waals surface area contributed by atoms with Crippen LogP contribution in [-0.2, 0) is 0 Å². The molecule has 74 valence electrons. The molecular formula is C9H13N5. The molecule has 14 heavy (non-hydrogen) atoms. The van der Waals surface area contributed by atoms with Crippen LogP contribution in [0.2, 0.25) is 0 Å². The van der Waals surface area contributed by atoms with Gasteiger partial charge in [-0.15, -0.1) is 0 Å². The fourth-order valence-corrected chi connectivity index (χ4v) is 1.41. The van der Waals surface area contributed by atoms with Gasteiger partial charge in [0, 0.05) is 18.3 Å². The molecule has 0 aliphatic rings. The van der Waals surface area contributed by atoms with Gasteiger partial charge in [0.2, 0.25) is 0 Å². The van der Waals surface area contributed by atoms with Crippen LogP contribution < -0.4 is 5.73 Å². The minimum absolute atomic E-state index is 0.324. The number of nitrogens with one attached hydrogen (secondary N) is 1. The highest BCUT2D eigenvalue weighted by Gasteiger charge is 2.09. The Kier molecular flexibility index (Phi) is 1.99. The van der Waals surface area contributed by atoms with E-state index < -0.39 is 0 Å². The highest BCUT2D eigenvalue weighted by atomic mass is 15.3. The Bertz CT molecular complexity index is 426. The molecule has 0 unspecified atom stereocenters. The molecule has 2 aromatic rings. The molecule has 2 aromatic heterocycles. The molecule has 5 nitrogen and oxygen atoms in total. The molecule has 0 radical (unpaired) electrons. The van der Waals surface area contributed by atoms with Crippen molar-refractivity contribution in [1.82, 2.24) is 20.0 Å². The Morgan fingerprint density at radius 3 is 2.86 bits per heavy atom. The lowest BCUT2D eigenvalue weighted by Gasteiger charge is -2.08. The van der Waals surface area contributed by atoms with E-state index in [0.717, 1.165) is 11.4 Å². The Morgan fingerprint density at radius 2 is 2.29 bits per heavy atom. The number of hydrogen-bond donors (Lipinski definition) is 2. The maximum absolute atomic E-state index is 5.54. The van der Waals surface area contributed by atoms with E-state index >= 15 is 0 Å². The summed E-state index contributed by atoms with van der Waals surface area (Å²) in [5.74, 6) is 0.497. The van der Waals surface area contributed by atoms with Gasteiger partial charge in [0.15, 0.2) is 0 Å². The molecule has 0 fully saturated rings. The van der Waals surface area contributed by atoms with Crippen molar-refractivity contribution in [2.75, 3.05) is 5.73 Å². The number of aromatic amines is 1. The van der Waals surface area contributed by atoms with Crippen LogP contribution in [0.3, 0.4) is 0 Å². The number of anilines is 1. The summed E-state index contributed by atoms with van der Waals surface area (Å²) in [7, 11) is 0. The first-order valence-corrected chi connectivity index (χ1v) is 4.53. The first-order valence-electron chi connectivity index (χ1n) is 4.53. The van der Waals surface area contributed by atoms with Crippen molar-refractivity contribution in [2.45, 2.75) is 19.9 Å². The number of aromatic nitrogens is 4. The molecule has 0 aliphatic carbocycles. The molecular weight excluding hydrogens is 178 g/mol. The number of nitrogens with zero attached hydrogens (tertiary/aromatic N) is 3. The van der Waals surface area contributed by atoms with Gasteiger partial charge < -0.3 is 5.73 Å². The molecule has 0 saturated carbocycles. The van der Waals surface area contributed by atoms with E-state index in [-0.39, 0.29) is 0 Å². The Morgan fingerprint density at radius 1 is 1.50 bits per heavy atom. The normalized spacial score (nSPS) is 11.1. The third kappa shape index (κ3) is 1.37. The van der Waals surface area contributed by atoms with Gasteiger partial charge in [0.05, 0.1) is 11.4 Å². The molecule has 0 amide bonds. The lowest BCUT2D eigenvalue weighted by atomic mass is 10.3. The van der Waals surface area contributed by atoms with E-state index in [2.05, 4.69) is 29.1 Å². The van der Waals surface area contributed by atoms with Crippen LogP contribution >= 0.6 is 0 Å². The molecule has 0 saturated heterocycles. The van der Waals surface area contributed by atoms with Gasteiger partial charge >= 0.3 is 0 Å². The van der Waals surface area contributed by atoms with Crippen molar-refractivity contribution >= 4 is 5.82 Å². The van der Waals surface area contributed by atoms with Crippen molar-refractivity contribution in [2.24, 2.45) is 0 Å². The molecule has 3 N–H and O–H groups in total. The molecule has 5 heteroatoms. The maximum Gasteiger partial charge on any atom is 0.145 e. The fraction of sp³-hybridized carbons (Fsp3) is 0.333. The second-order valence-electron chi connectivity index (χ2n) is 3.46. The molecule has 2 heterocycles. The average molecular weight is 191 g/mol. The monoisotopic (exact) mass is 191 g/mol. The van der Waals surface area contributed by atoms with Crippen LogP contribution in [0.15, 0.2) is 18.3 Å². The summed E-state index contributed by atoms with van der Waals surface area (Å²) in [6.07, 6.45) is 1.77. The minimum Gasteiger partial charge on any atom is -0.382 e. The highest BCUT2D eigenvalue weighted by Crippen LogP contribution is 2.20. The second kappa shape index (κ2) is 3.17. The Labute approximate surface area is 81.9 Å². The zero-order valence-electron chi connectivity index (χ0n) is 8.23. The summed E-state index contributed by atoms with van der Waals surface area (Å²) >= 11 is 0. The molecule has 0 spiro atoms. The average Bonchev–Trinajstić information content (AvgIpc) is 2.70. The van der Waals surface area contributed by atoms with Gasteiger partial charge in [-0.1, -0.05) is 0 Å². The summed E-state index contributed by atoms with van der Waals surface area (Å²) in [5, 5.41) is 11.0. The van der Waals surface area contributed by atoms with Gasteiger partial charge in [-0.05, 0) is 19.9 Å². The predicted octanol–water partition coefficient (Wildman–Crippen LogP) is 1.44. The lowest BCUT2D eigenvalue weighted by molar-refractivity contribution is 0.537. The molecule has 0 bridgehead atoms. The van der Waals surface area contributed by atoms with Crippen LogP contribution in [-0.4, -0.2) is 20.0 Å². The van der Waals surface area contributed by atoms with Crippen LogP contribution in [0.25, 0.3) is 11.4 Å². The number of nitrogen functional groups attached to an aromatic ring is 1. The standard InChI is InChI=1S/C9H13N5/c1-6(2)14-8(3-4-11-14)7-5-9(10)13-12-7/h3-6H,1-2H3,(H3,10,12,13). The van der Waals surface area contributed by atoms with E-state index in [1.165, 1.54) is 0 Å². The first-order chi connectivity index (χ1) is 6.68. The van der Waals surface area contributed by atoms with Gasteiger partial charge in [0.25, 0.3) is 0 Å². The second-order valence-corrected chi connectivity index (χ2v) is 3.46. The van der Waals surface area contributed by atoms with E-state index in [0.29, 0.717) is 11.9 Å². The van der Waals surface area contributed by atoms with Crippen molar-refractivity contribution in [3.8, 4) is 11.4 Å². The Hall–Kier alpha value is -1.78. The number of H-pyrrole nitrogens is 1. The topological polar surface area (TPSA) is 72.5 Å². The van der Waals surface area contributed by atoms with E-state index in [9.17, 15) is 0 Å². The van der Waals surface area contributed by atoms with Gasteiger partial charge in [-0.25, -0.2) is 0 Å². The van der Waals surface area contributed by atoms with Crippen LogP contribution in [0, 0.1) is 0 Å². The molecule has 0 aliphatic heterocycles. The van der Waals surface area contributed by atoms with Crippen molar-refractivity contribution < 1.29 is 0 Å². The van der Waals surface area contributed by atoms with E-state index in [4.69, 9.17) is 5.73 Å². The van der Waals surface area contributed by atoms with E-state index in [1.807, 2.05) is 10.7 Å². The minimum atomic E-state index is 0.324. The zero-order chi connectivity index (χ0) is 10.1. The SMILES string of the molecule is CC(C)n1nccc1-c1cc(N)n[nH]1. The molecule has 0 atom stereocenters. The van der Waals surface area contributed by atoms with Gasteiger partial charge in [0.1, 0.15) is 5.82 Å². The lowest BCUT2D eigenvalue weighted by Crippen LogP contribution is -2.04. The summed E-state index contributed by atoms with van der Waals surface area (Å²) in [6.45, 7) is 4.16. The molecule has 0 aromatic carbocycles. The summed E-state index contributed by atoms with van der Waals surface area (Å²) in [6, 6.07) is 4.06. The zero-order valence-corrected chi connectivity index (χ0v) is 8.23. The predicted molar refractivity (Wildman–Crippen MR) is 54.6 cm³/mol. The van der Waals surface area contributed by atoms with Crippen LogP contribution in [0.5, 0.6) is 0 Å². The number of hydrogen-bond acceptors (Lipinski definition) is 3. The van der Waals surface area contributed by atoms with Crippen molar-refractivity contribution in [1.29, 1.82) is 0 Å². The third-order valence-electron chi connectivity index (χ3n) is 2.03. The summed E-state index contributed by atoms with van der Waals surface area (Å²) < 4.78 is 1.92. The van der Waals surface area contributed by atoms with Crippen LogP contribution in [0.1, 0.15) is 19.9 Å². The summed E-state index contributed by atoms with van der Waals surface area (Å²) in [4.78, 5) is 0. The van der Waals surface area contributed by atoms with Crippen LogP contribution in [0.4, 0.5) is 5.82 Å². The number of rotatable bonds is 2. The van der Waals surface area contributed by atoms with Crippen molar-refractivity contribution in [3.63, 3.8) is 0 Å². The van der Waals surface area contributed by atoms with Gasteiger partial charge in [-0.2, -0.15) is 10.2 Å². The van der Waals surface area contributed by atoms with Gasteiger partial charge in [-0.3, -0.25) is 9.78 Å².